The van der Waals surface area contributed by atoms with Gasteiger partial charge in [-0.25, -0.2) is 4.98 Å². The van der Waals surface area contributed by atoms with Crippen LogP contribution in [0.3, 0.4) is 0 Å². The number of carbonyl (C=O) groups is 1. The van der Waals surface area contributed by atoms with Crippen molar-refractivity contribution in [2.75, 3.05) is 17.2 Å². The highest BCUT2D eigenvalue weighted by molar-refractivity contribution is 5.84. The summed E-state index contributed by atoms with van der Waals surface area (Å²) >= 11 is 0. The third-order valence-electron chi connectivity index (χ3n) is 4.79. The van der Waals surface area contributed by atoms with E-state index in [0.29, 0.717) is 30.6 Å². The Labute approximate surface area is 184 Å². The fourth-order valence-corrected chi connectivity index (χ4v) is 3.33. The van der Waals surface area contributed by atoms with E-state index >= 15 is 0 Å². The molecule has 0 saturated heterocycles. The lowest BCUT2D eigenvalue weighted by Gasteiger charge is -2.21. The van der Waals surface area contributed by atoms with Gasteiger partial charge in [0, 0.05) is 24.0 Å². The zero-order chi connectivity index (χ0) is 22.1. The number of carbonyl (C=O) groups excluding carboxylic acids is 1. The van der Waals surface area contributed by atoms with E-state index in [-0.39, 0.29) is 11.9 Å². The molecule has 0 aliphatic heterocycles. The van der Waals surface area contributed by atoms with Gasteiger partial charge in [0.05, 0.1) is 0 Å². The van der Waals surface area contributed by atoms with Gasteiger partial charge in [0.2, 0.25) is 11.9 Å². The molecule has 0 radical (unpaired) electrons. The second kappa shape index (κ2) is 11.1. The zero-order valence-corrected chi connectivity index (χ0v) is 18.4. The van der Waals surface area contributed by atoms with Crippen molar-refractivity contribution in [2.24, 2.45) is 5.92 Å². The average molecular weight is 418 g/mol. The van der Waals surface area contributed by atoms with Gasteiger partial charge in [-0.3, -0.25) is 4.79 Å². The first-order valence-corrected chi connectivity index (χ1v) is 10.8. The van der Waals surface area contributed by atoms with Gasteiger partial charge in [-0.15, -0.1) is 0 Å². The molecule has 0 bridgehead atoms. The van der Waals surface area contributed by atoms with Crippen molar-refractivity contribution < 1.29 is 4.79 Å². The first-order valence-electron chi connectivity index (χ1n) is 10.8. The van der Waals surface area contributed by atoms with Crippen LogP contribution in [-0.4, -0.2) is 28.5 Å². The largest absolute Gasteiger partial charge is 0.358 e. The molecule has 6 nitrogen and oxygen atoms in total. The van der Waals surface area contributed by atoms with Gasteiger partial charge in [0.15, 0.2) is 0 Å². The summed E-state index contributed by atoms with van der Waals surface area (Å²) in [5, 5.41) is 9.61. The highest BCUT2D eigenvalue weighted by Crippen LogP contribution is 2.17. The predicted molar refractivity (Wildman–Crippen MR) is 127 cm³/mol. The van der Waals surface area contributed by atoms with E-state index in [2.05, 4.69) is 51.9 Å². The SMILES string of the molecule is Cc1cc(N[C@@H](CC(C)C)C(=O)NCCc2ccccc2)nc(Nc2ccccc2)n1. The van der Waals surface area contributed by atoms with Crippen LogP contribution in [0, 0.1) is 12.8 Å². The van der Waals surface area contributed by atoms with E-state index in [4.69, 9.17) is 0 Å². The second-order valence-corrected chi connectivity index (χ2v) is 8.06. The van der Waals surface area contributed by atoms with E-state index in [1.165, 1.54) is 5.56 Å². The number of hydrogen-bond acceptors (Lipinski definition) is 5. The molecular weight excluding hydrogens is 386 g/mol. The summed E-state index contributed by atoms with van der Waals surface area (Å²) in [6, 6.07) is 21.4. The molecule has 1 heterocycles. The minimum absolute atomic E-state index is 0.0153. The van der Waals surface area contributed by atoms with E-state index in [1.54, 1.807) is 0 Å². The maximum atomic E-state index is 12.9. The number of anilines is 3. The number of nitrogens with one attached hydrogen (secondary N) is 3. The van der Waals surface area contributed by atoms with Crippen LogP contribution in [0.2, 0.25) is 0 Å². The van der Waals surface area contributed by atoms with Crippen LogP contribution in [0.25, 0.3) is 0 Å². The normalized spacial score (nSPS) is 11.7. The van der Waals surface area contributed by atoms with Crippen LogP contribution in [0.4, 0.5) is 17.5 Å². The maximum Gasteiger partial charge on any atom is 0.242 e. The molecule has 3 rings (SSSR count). The van der Waals surface area contributed by atoms with E-state index in [0.717, 1.165) is 17.8 Å². The summed E-state index contributed by atoms with van der Waals surface area (Å²) < 4.78 is 0. The number of benzene rings is 2. The molecule has 162 valence electrons. The zero-order valence-electron chi connectivity index (χ0n) is 18.4. The van der Waals surface area contributed by atoms with Crippen molar-refractivity contribution in [3.05, 3.63) is 78.0 Å². The lowest BCUT2D eigenvalue weighted by molar-refractivity contribution is -0.122. The lowest BCUT2D eigenvalue weighted by Crippen LogP contribution is -2.41. The summed E-state index contributed by atoms with van der Waals surface area (Å²) in [5.74, 6) is 1.48. The molecule has 3 aromatic rings. The second-order valence-electron chi connectivity index (χ2n) is 8.06. The van der Waals surface area contributed by atoms with Crippen molar-refractivity contribution in [3.8, 4) is 0 Å². The Kier molecular flexibility index (Phi) is 7.98. The number of nitrogens with zero attached hydrogens (tertiary/aromatic N) is 2. The quantitative estimate of drug-likeness (QED) is 0.445. The Morgan fingerprint density at radius 2 is 1.65 bits per heavy atom. The molecule has 0 spiro atoms. The molecule has 0 aliphatic rings. The third-order valence-corrected chi connectivity index (χ3v) is 4.79. The first-order chi connectivity index (χ1) is 15.0. The molecule has 31 heavy (non-hydrogen) atoms. The molecule has 1 atom stereocenters. The van der Waals surface area contributed by atoms with Crippen LogP contribution < -0.4 is 16.0 Å². The highest BCUT2D eigenvalue weighted by atomic mass is 16.2. The van der Waals surface area contributed by atoms with Gasteiger partial charge in [-0.05, 0) is 43.4 Å². The molecule has 0 unspecified atom stereocenters. The third kappa shape index (κ3) is 7.41. The highest BCUT2D eigenvalue weighted by Gasteiger charge is 2.20. The van der Waals surface area contributed by atoms with Crippen molar-refractivity contribution in [1.82, 2.24) is 15.3 Å². The van der Waals surface area contributed by atoms with Crippen LogP contribution in [0.5, 0.6) is 0 Å². The molecule has 3 N–H and O–H groups in total. The number of hydrogen-bond donors (Lipinski definition) is 3. The van der Waals surface area contributed by atoms with Crippen molar-refractivity contribution in [1.29, 1.82) is 0 Å². The fourth-order valence-electron chi connectivity index (χ4n) is 3.33. The molecule has 2 aromatic carbocycles. The Hall–Kier alpha value is -3.41. The van der Waals surface area contributed by atoms with Gasteiger partial charge < -0.3 is 16.0 Å². The average Bonchev–Trinajstić information content (AvgIpc) is 2.74. The Morgan fingerprint density at radius 1 is 0.968 bits per heavy atom. The summed E-state index contributed by atoms with van der Waals surface area (Å²) in [5.41, 5.74) is 2.94. The topological polar surface area (TPSA) is 78.9 Å². The fraction of sp³-hybridized carbons (Fsp3) is 0.320. The van der Waals surface area contributed by atoms with Gasteiger partial charge in [-0.2, -0.15) is 4.98 Å². The Bertz CT molecular complexity index is 960. The number of para-hydroxylation sites is 1. The summed E-state index contributed by atoms with van der Waals surface area (Å²) in [6.45, 7) is 6.74. The molecule has 6 heteroatoms. The number of amides is 1. The van der Waals surface area contributed by atoms with Gasteiger partial charge in [-0.1, -0.05) is 62.4 Å². The van der Waals surface area contributed by atoms with Crippen molar-refractivity contribution in [3.63, 3.8) is 0 Å². The van der Waals surface area contributed by atoms with Crippen LogP contribution in [-0.2, 0) is 11.2 Å². The standard InChI is InChI=1S/C25H31N5O/c1-18(2)16-22(24(31)26-15-14-20-10-6-4-7-11-20)29-23-17-19(3)27-25(30-23)28-21-12-8-5-9-13-21/h4-13,17-18,22H,14-16H2,1-3H3,(H,26,31)(H2,27,28,29,30)/t22-/m0/s1. The molecule has 0 fully saturated rings. The first kappa shape index (κ1) is 22.3. The van der Waals surface area contributed by atoms with Crippen LogP contribution in [0.1, 0.15) is 31.5 Å². The Morgan fingerprint density at radius 3 is 2.32 bits per heavy atom. The van der Waals surface area contributed by atoms with Crippen LogP contribution >= 0.6 is 0 Å². The number of aromatic nitrogens is 2. The van der Waals surface area contributed by atoms with Crippen molar-refractivity contribution in [2.45, 2.75) is 39.7 Å². The van der Waals surface area contributed by atoms with Crippen LogP contribution in [0.15, 0.2) is 66.7 Å². The Balaban J connectivity index is 1.66. The predicted octanol–water partition coefficient (Wildman–Crippen LogP) is 4.71. The minimum Gasteiger partial charge on any atom is -0.358 e. The van der Waals surface area contributed by atoms with Gasteiger partial charge in [0.25, 0.3) is 0 Å². The minimum atomic E-state index is -0.366. The summed E-state index contributed by atoms with van der Waals surface area (Å²) in [7, 11) is 0. The molecule has 0 saturated carbocycles. The lowest BCUT2D eigenvalue weighted by atomic mass is 10.0. The smallest absolute Gasteiger partial charge is 0.242 e. The molecule has 1 aromatic heterocycles. The number of rotatable bonds is 10. The van der Waals surface area contributed by atoms with Crippen molar-refractivity contribution >= 4 is 23.4 Å². The van der Waals surface area contributed by atoms with Gasteiger partial charge >= 0.3 is 0 Å². The van der Waals surface area contributed by atoms with E-state index in [9.17, 15) is 4.79 Å². The summed E-state index contributed by atoms with van der Waals surface area (Å²) in [4.78, 5) is 21.9. The summed E-state index contributed by atoms with van der Waals surface area (Å²) in [6.07, 6.45) is 1.51. The molecule has 1 amide bonds. The molecule has 0 aliphatic carbocycles. The van der Waals surface area contributed by atoms with Gasteiger partial charge in [0.1, 0.15) is 11.9 Å². The van der Waals surface area contributed by atoms with E-state index < -0.39 is 0 Å². The maximum absolute atomic E-state index is 12.9. The molecular formula is C25H31N5O. The monoisotopic (exact) mass is 417 g/mol. The van der Waals surface area contributed by atoms with E-state index in [1.807, 2.05) is 61.5 Å². The number of aryl methyl sites for hydroxylation is 1.